The number of rotatable bonds is 16. The molecule has 2 amide bonds. The molecule has 5 N–H and O–H groups in total. The number of fused-ring (bicyclic) bond motifs is 4. The lowest BCUT2D eigenvalue weighted by Crippen LogP contribution is -2.51. The van der Waals surface area contributed by atoms with Crippen molar-refractivity contribution in [3.63, 3.8) is 0 Å². The molecule has 0 spiro atoms. The fourth-order valence-corrected chi connectivity index (χ4v) is 13.1. The lowest BCUT2D eigenvalue weighted by molar-refractivity contribution is -0.137. The van der Waals surface area contributed by atoms with Crippen molar-refractivity contribution < 1.29 is 46.5 Å². The number of hydrogen-bond donors (Lipinski definition) is 4. The first kappa shape index (κ1) is 59.7. The number of aliphatic hydroxyl groups excluding tert-OH is 1. The van der Waals surface area contributed by atoms with Gasteiger partial charge in [0.25, 0.3) is 0 Å². The molecule has 4 fully saturated rings. The summed E-state index contributed by atoms with van der Waals surface area (Å²) in [6, 6.07) is 21.1. The quantitative estimate of drug-likeness (QED) is 0.0521. The Morgan fingerprint density at radius 1 is 1.01 bits per heavy atom. The van der Waals surface area contributed by atoms with E-state index < -0.39 is 35.2 Å². The van der Waals surface area contributed by atoms with E-state index in [0.29, 0.717) is 73.9 Å². The normalized spacial score (nSPS) is 18.6. The summed E-state index contributed by atoms with van der Waals surface area (Å²) in [5.41, 5.74) is 9.01. The van der Waals surface area contributed by atoms with Crippen LogP contribution in [0.2, 0.25) is 5.02 Å². The van der Waals surface area contributed by atoms with Gasteiger partial charge in [0.2, 0.25) is 12.3 Å². The number of carbonyl (C=O) groups is 2. The highest BCUT2D eigenvalue weighted by Crippen LogP contribution is 2.52. The van der Waals surface area contributed by atoms with E-state index >= 15 is 17.6 Å². The number of nitrogen functional groups attached to an aromatic ring is 1. The molecule has 8 heterocycles. The fraction of sp³-hybridized carbons (Fsp3) is 0.387. The molecule has 4 aromatic heterocycles. The maximum atomic E-state index is 15.9. The topological polar surface area (TPSA) is 232 Å². The molecular formula is C62H63ClF4N12O6S. The van der Waals surface area contributed by atoms with Gasteiger partial charge in [0.05, 0.1) is 52.9 Å². The molecule has 2 bridgehead atoms. The molecule has 24 heteroatoms. The maximum Gasteiger partial charge on any atom is 0.417 e. The van der Waals surface area contributed by atoms with Crippen LogP contribution < -0.4 is 30.7 Å². The number of aromatic nitrogens is 6. The summed E-state index contributed by atoms with van der Waals surface area (Å²) >= 11 is 6.89. The number of thiophene rings is 1. The molecule has 4 aliphatic rings. The van der Waals surface area contributed by atoms with Gasteiger partial charge < -0.3 is 45.5 Å². The zero-order valence-corrected chi connectivity index (χ0v) is 48.9. The second kappa shape index (κ2) is 25.5. The van der Waals surface area contributed by atoms with Crippen LogP contribution in [-0.4, -0.2) is 116 Å². The van der Waals surface area contributed by atoms with E-state index in [0.717, 1.165) is 65.8 Å². The van der Waals surface area contributed by atoms with E-state index in [1.165, 1.54) is 6.07 Å². The van der Waals surface area contributed by atoms with Crippen LogP contribution in [0, 0.1) is 23.1 Å². The molecule has 0 saturated carbocycles. The Morgan fingerprint density at radius 2 is 1.74 bits per heavy atom. The van der Waals surface area contributed by atoms with Gasteiger partial charge in [-0.25, -0.2) is 9.07 Å². The predicted molar refractivity (Wildman–Crippen MR) is 319 cm³/mol. The van der Waals surface area contributed by atoms with E-state index in [9.17, 15) is 20.0 Å². The van der Waals surface area contributed by atoms with Gasteiger partial charge in [-0.1, -0.05) is 85.3 Å². The number of nitrogens with zero attached hydrogens (tertiary/aromatic N) is 9. The second-order valence-corrected chi connectivity index (χ2v) is 23.8. The third-order valence-electron chi connectivity index (χ3n) is 16.4. The first-order valence-corrected chi connectivity index (χ1v) is 29.8. The van der Waals surface area contributed by atoms with Crippen LogP contribution in [0.3, 0.4) is 0 Å². The minimum Gasteiger partial charge on any atom is -0.486 e. The van der Waals surface area contributed by atoms with Crippen molar-refractivity contribution >= 4 is 67.1 Å². The zero-order chi connectivity index (χ0) is 60.4. The van der Waals surface area contributed by atoms with Crippen molar-refractivity contribution in [1.82, 2.24) is 45.5 Å². The smallest absolute Gasteiger partial charge is 0.417 e. The summed E-state index contributed by atoms with van der Waals surface area (Å²) in [6.45, 7) is 8.32. The van der Waals surface area contributed by atoms with Gasteiger partial charge >= 0.3 is 12.2 Å². The summed E-state index contributed by atoms with van der Waals surface area (Å²) < 4.78 is 83.3. The summed E-state index contributed by atoms with van der Waals surface area (Å²) in [7, 11) is 0. The van der Waals surface area contributed by atoms with Crippen molar-refractivity contribution in [2.24, 2.45) is 5.92 Å². The number of nitrogens with two attached hydrogens (primary N) is 1. The average molecular weight is 1220 g/mol. The van der Waals surface area contributed by atoms with Gasteiger partial charge in [0.15, 0.2) is 5.75 Å². The molecule has 4 aliphatic heterocycles. The van der Waals surface area contributed by atoms with Crippen LogP contribution in [0.15, 0.2) is 91.4 Å². The van der Waals surface area contributed by atoms with Crippen LogP contribution in [0.4, 0.5) is 28.4 Å². The molecule has 18 nitrogen and oxygen atoms in total. The standard InChI is InChI=1S/C48H50F4N10O4S.C14H13ClN2O2/c1-25(2)41(46(63)61-16-4-5-26(61)3)62-23-37(58-59-62)28-8-6-27(7-9-28)24-65-42-39(32-12-13-36(49)43-38(32)34(20-53)44(54)67-43)35(48(50,51)52)19-33-40(42)56-47(66-31-14-17-64-18-15-31)57-45(33)60-21-29-10-11-30(22-60)55-29;15-13-5-6-16-7-12(13)10-1-3-11(4-2-10)14(8-18)17-9-19/h6-9,12-13,19,23,25-26,29-31,41,55H,4-5,10-11,14-18,21-22,24,54H2,1-3H3;1-7,9,14,18H,8H2,(H,17,19). The average Bonchev–Trinajstić information content (AvgIpc) is 1.19. The van der Waals surface area contributed by atoms with E-state index in [4.69, 9.17) is 41.5 Å². The van der Waals surface area contributed by atoms with Crippen LogP contribution in [0.25, 0.3) is 54.5 Å². The highest BCUT2D eigenvalue weighted by atomic mass is 35.5. The molecule has 12 rings (SSSR count). The largest absolute Gasteiger partial charge is 0.486 e. The van der Waals surface area contributed by atoms with E-state index in [1.807, 2.05) is 66.1 Å². The molecule has 448 valence electrons. The van der Waals surface area contributed by atoms with Gasteiger partial charge in [-0.15, -0.1) is 16.4 Å². The number of nitriles is 1. The monoisotopic (exact) mass is 1210 g/mol. The fourth-order valence-electron chi connectivity index (χ4n) is 12.0. The molecule has 5 unspecified atom stereocenters. The Morgan fingerprint density at radius 3 is 2.40 bits per heavy atom. The number of alkyl halides is 3. The van der Waals surface area contributed by atoms with Gasteiger partial charge in [-0.05, 0) is 79.0 Å². The minimum absolute atomic E-state index is 0.0119. The summed E-state index contributed by atoms with van der Waals surface area (Å²) in [5.74, 6) is -0.723. The zero-order valence-electron chi connectivity index (χ0n) is 47.4. The van der Waals surface area contributed by atoms with Gasteiger partial charge in [0.1, 0.15) is 52.7 Å². The SMILES string of the molecule is CC(C)C(C(=O)N1CCCC1C)n1cc(-c2ccc(COc3c(-c4ccc(F)c5sc(N)c(C#N)c45)c(C(F)(F)F)cc4c(N5CC6CCC(C5)N6)nc(OC5CCOCC5)nc34)cc2)nn1.O=CNC(CO)c1ccc(-c2cnccc2Cl)cc1. The number of likely N-dealkylation sites (tertiary alicyclic amines) is 1. The van der Waals surface area contributed by atoms with Crippen LogP contribution >= 0.6 is 22.9 Å². The minimum atomic E-state index is -4.97. The van der Waals surface area contributed by atoms with Crippen molar-refractivity contribution in [3.8, 4) is 51.3 Å². The number of hydrogen-bond acceptors (Lipinski definition) is 16. The van der Waals surface area contributed by atoms with Gasteiger partial charge in [-0.2, -0.15) is 28.4 Å². The Hall–Kier alpha value is -8.01. The summed E-state index contributed by atoms with van der Waals surface area (Å²) in [4.78, 5) is 41.8. The number of ether oxygens (including phenoxy) is 3. The molecule has 86 heavy (non-hydrogen) atoms. The molecule has 4 saturated heterocycles. The number of piperazine rings is 1. The summed E-state index contributed by atoms with van der Waals surface area (Å²) in [6.07, 6.45) is 5.29. The Balaban J connectivity index is 0.000000344. The number of aliphatic hydroxyl groups is 1. The van der Waals surface area contributed by atoms with Gasteiger partial charge in [0, 0.05) is 90.5 Å². The van der Waals surface area contributed by atoms with Crippen LogP contribution in [0.5, 0.6) is 11.8 Å². The third kappa shape index (κ3) is 12.4. The summed E-state index contributed by atoms with van der Waals surface area (Å²) in [5, 5.41) is 35.0. The molecule has 8 aromatic rings. The third-order valence-corrected chi connectivity index (χ3v) is 17.7. The Labute approximate surface area is 502 Å². The van der Waals surface area contributed by atoms with Crippen molar-refractivity contribution in [2.45, 2.75) is 108 Å². The first-order valence-electron chi connectivity index (χ1n) is 28.6. The molecule has 4 aromatic carbocycles. The number of amides is 2. The maximum absolute atomic E-state index is 15.9. The van der Waals surface area contributed by atoms with Crippen molar-refractivity contribution in [3.05, 3.63) is 124 Å². The number of benzene rings is 4. The van der Waals surface area contributed by atoms with Crippen LogP contribution in [-0.2, 0) is 27.1 Å². The van der Waals surface area contributed by atoms with Crippen molar-refractivity contribution in [1.29, 1.82) is 5.26 Å². The number of halogens is 5. The first-order chi connectivity index (χ1) is 41.5. The Kier molecular flexibility index (Phi) is 17.7. The molecular weight excluding hydrogens is 1150 g/mol. The lowest BCUT2D eigenvalue weighted by atomic mass is 9.92. The number of nitrogens with one attached hydrogen (secondary N) is 2. The van der Waals surface area contributed by atoms with Gasteiger partial charge in [-0.3, -0.25) is 14.6 Å². The number of anilines is 2. The molecule has 5 atom stereocenters. The van der Waals surface area contributed by atoms with Crippen LogP contribution in [0.1, 0.15) is 93.6 Å². The molecule has 0 aliphatic carbocycles. The highest BCUT2D eigenvalue weighted by molar-refractivity contribution is 7.23. The lowest BCUT2D eigenvalue weighted by Gasteiger charge is -2.35. The van der Waals surface area contributed by atoms with Crippen molar-refractivity contribution in [2.75, 3.05) is 50.1 Å². The highest BCUT2D eigenvalue weighted by Gasteiger charge is 2.41. The second-order valence-electron chi connectivity index (χ2n) is 22.4. The van der Waals surface area contributed by atoms with E-state index in [2.05, 4.69) is 32.9 Å². The number of pyridine rings is 1. The number of carbonyl (C=O) groups excluding carboxylic acids is 2. The predicted octanol–water partition coefficient (Wildman–Crippen LogP) is 10.8. The Bertz CT molecular complexity index is 3810. The van der Waals surface area contributed by atoms with E-state index in [-0.39, 0.29) is 104 Å². The molecule has 0 radical (unpaired) electrons. The van der Waals surface area contributed by atoms with E-state index in [1.54, 1.807) is 41.5 Å².